The lowest BCUT2D eigenvalue weighted by molar-refractivity contribution is 0.0936. The first-order valence-corrected chi connectivity index (χ1v) is 7.77. The Labute approximate surface area is 138 Å². The van der Waals surface area contributed by atoms with Gasteiger partial charge < -0.3 is 14.8 Å². The molecule has 1 aliphatic rings. The molecular formula is C15H16Cl2N4O. The third-order valence-electron chi connectivity index (χ3n) is 3.71. The van der Waals surface area contributed by atoms with E-state index in [9.17, 15) is 4.79 Å². The zero-order valence-electron chi connectivity index (χ0n) is 12.1. The van der Waals surface area contributed by atoms with Crippen LogP contribution in [0.5, 0.6) is 0 Å². The van der Waals surface area contributed by atoms with Crippen LogP contribution in [0.3, 0.4) is 0 Å². The third-order valence-corrected chi connectivity index (χ3v) is 4.25. The summed E-state index contributed by atoms with van der Waals surface area (Å²) in [6, 6.07) is 5.55. The number of amides is 1. The maximum Gasteiger partial charge on any atom is 0.271 e. The first-order valence-electron chi connectivity index (χ1n) is 7.02. The van der Waals surface area contributed by atoms with Crippen molar-refractivity contribution in [3.63, 3.8) is 0 Å². The van der Waals surface area contributed by atoms with Crippen molar-refractivity contribution in [2.75, 3.05) is 18.0 Å². The summed E-state index contributed by atoms with van der Waals surface area (Å²) in [6.45, 7) is 1.56. The van der Waals surface area contributed by atoms with Crippen LogP contribution in [0.15, 0.2) is 30.7 Å². The van der Waals surface area contributed by atoms with Crippen molar-refractivity contribution in [2.24, 2.45) is 7.05 Å². The number of halogens is 2. The number of hydrogen-bond acceptors (Lipinski definition) is 3. The lowest BCUT2D eigenvalue weighted by Gasteiger charge is -2.20. The van der Waals surface area contributed by atoms with E-state index < -0.39 is 0 Å². The molecule has 2 heterocycles. The van der Waals surface area contributed by atoms with Crippen LogP contribution in [0.1, 0.15) is 16.9 Å². The molecule has 0 bridgehead atoms. The number of benzene rings is 1. The second-order valence-corrected chi connectivity index (χ2v) is 6.27. The summed E-state index contributed by atoms with van der Waals surface area (Å²) < 4.78 is 1.75. The van der Waals surface area contributed by atoms with E-state index in [2.05, 4.69) is 15.2 Å². The Morgan fingerprint density at radius 2 is 2.23 bits per heavy atom. The van der Waals surface area contributed by atoms with E-state index >= 15 is 0 Å². The molecule has 5 nitrogen and oxygen atoms in total. The Kier molecular flexibility index (Phi) is 4.27. The highest BCUT2D eigenvalue weighted by Gasteiger charge is 2.26. The van der Waals surface area contributed by atoms with Crippen molar-refractivity contribution < 1.29 is 4.79 Å². The minimum Gasteiger partial charge on any atom is -0.368 e. The molecule has 1 fully saturated rings. The molecule has 0 radical (unpaired) electrons. The average Bonchev–Trinajstić information content (AvgIpc) is 3.08. The number of hydrogen-bond donors (Lipinski definition) is 1. The summed E-state index contributed by atoms with van der Waals surface area (Å²) in [4.78, 5) is 18.3. The summed E-state index contributed by atoms with van der Waals surface area (Å²) in [6.07, 6.45) is 4.19. The van der Waals surface area contributed by atoms with Gasteiger partial charge in [0.25, 0.3) is 5.91 Å². The van der Waals surface area contributed by atoms with Crippen LogP contribution in [0.4, 0.5) is 5.69 Å². The molecule has 0 aliphatic carbocycles. The van der Waals surface area contributed by atoms with Crippen LogP contribution < -0.4 is 10.2 Å². The van der Waals surface area contributed by atoms with Gasteiger partial charge in [-0.3, -0.25) is 4.79 Å². The molecule has 1 aliphatic heterocycles. The monoisotopic (exact) mass is 338 g/mol. The van der Waals surface area contributed by atoms with E-state index in [0.29, 0.717) is 15.7 Å². The van der Waals surface area contributed by atoms with E-state index in [-0.39, 0.29) is 11.9 Å². The summed E-state index contributed by atoms with van der Waals surface area (Å²) in [5.74, 6) is -0.144. The van der Waals surface area contributed by atoms with Gasteiger partial charge in [0.15, 0.2) is 0 Å². The van der Waals surface area contributed by atoms with Crippen LogP contribution in [-0.2, 0) is 7.05 Å². The Morgan fingerprint density at radius 1 is 1.41 bits per heavy atom. The zero-order chi connectivity index (χ0) is 15.7. The van der Waals surface area contributed by atoms with E-state index in [1.54, 1.807) is 23.2 Å². The first kappa shape index (κ1) is 15.2. The molecule has 1 aromatic carbocycles. The molecule has 22 heavy (non-hydrogen) atoms. The Hall–Kier alpha value is -1.72. The minimum atomic E-state index is -0.144. The van der Waals surface area contributed by atoms with E-state index in [1.165, 1.54) is 0 Å². The number of aryl methyl sites for hydroxylation is 1. The fraction of sp³-hybridized carbons (Fsp3) is 0.333. The van der Waals surface area contributed by atoms with Gasteiger partial charge in [-0.25, -0.2) is 4.98 Å². The topological polar surface area (TPSA) is 50.2 Å². The van der Waals surface area contributed by atoms with Crippen LogP contribution in [-0.4, -0.2) is 34.6 Å². The quantitative estimate of drug-likeness (QED) is 0.936. The number of nitrogens with zero attached hydrogens (tertiary/aromatic N) is 3. The van der Waals surface area contributed by atoms with Gasteiger partial charge in [-0.1, -0.05) is 23.2 Å². The maximum absolute atomic E-state index is 12.1. The van der Waals surface area contributed by atoms with Crippen molar-refractivity contribution in [1.82, 2.24) is 14.9 Å². The highest BCUT2D eigenvalue weighted by molar-refractivity contribution is 6.36. The predicted octanol–water partition coefficient (Wildman–Crippen LogP) is 2.74. The van der Waals surface area contributed by atoms with Crippen molar-refractivity contribution in [3.8, 4) is 0 Å². The zero-order valence-corrected chi connectivity index (χ0v) is 13.6. The second kappa shape index (κ2) is 6.18. The number of anilines is 1. The average molecular weight is 339 g/mol. The van der Waals surface area contributed by atoms with Crippen molar-refractivity contribution in [1.29, 1.82) is 0 Å². The van der Waals surface area contributed by atoms with Gasteiger partial charge >= 0.3 is 0 Å². The Morgan fingerprint density at radius 3 is 2.91 bits per heavy atom. The molecule has 1 aromatic heterocycles. The first-order chi connectivity index (χ1) is 10.5. The molecular weight excluding hydrogens is 323 g/mol. The predicted molar refractivity (Wildman–Crippen MR) is 87.8 cm³/mol. The Bertz CT molecular complexity index is 701. The van der Waals surface area contributed by atoms with E-state index in [0.717, 1.165) is 25.2 Å². The molecule has 116 valence electrons. The molecule has 1 amide bonds. The molecule has 7 heteroatoms. The summed E-state index contributed by atoms with van der Waals surface area (Å²) in [5, 5.41) is 4.26. The van der Waals surface area contributed by atoms with Gasteiger partial charge in [0.1, 0.15) is 5.69 Å². The largest absolute Gasteiger partial charge is 0.368 e. The van der Waals surface area contributed by atoms with Gasteiger partial charge in [-0.05, 0) is 24.6 Å². The van der Waals surface area contributed by atoms with Crippen LogP contribution in [0.25, 0.3) is 0 Å². The number of carbonyl (C=O) groups is 1. The van der Waals surface area contributed by atoms with Crippen molar-refractivity contribution in [2.45, 2.75) is 12.5 Å². The second-order valence-electron chi connectivity index (χ2n) is 5.43. The fourth-order valence-electron chi connectivity index (χ4n) is 2.62. The lowest BCUT2D eigenvalue weighted by atomic mass is 10.2. The summed E-state index contributed by atoms with van der Waals surface area (Å²) >= 11 is 12.2. The van der Waals surface area contributed by atoms with Gasteiger partial charge in [0, 0.05) is 37.4 Å². The Balaban J connectivity index is 1.64. The molecule has 2 aromatic rings. The highest BCUT2D eigenvalue weighted by Crippen LogP contribution is 2.31. The van der Waals surface area contributed by atoms with E-state index in [4.69, 9.17) is 23.2 Å². The highest BCUT2D eigenvalue weighted by atomic mass is 35.5. The molecule has 1 N–H and O–H groups in total. The SMILES string of the molecule is Cn1cnc(C(=O)N[C@H]2CCN(c3ccc(Cl)cc3Cl)C2)c1. The number of aromatic nitrogens is 2. The number of imidazole rings is 1. The summed E-state index contributed by atoms with van der Waals surface area (Å²) in [5.41, 5.74) is 1.38. The van der Waals surface area contributed by atoms with Gasteiger partial charge in [-0.2, -0.15) is 0 Å². The molecule has 0 spiro atoms. The van der Waals surface area contributed by atoms with Crippen LogP contribution in [0, 0.1) is 0 Å². The maximum atomic E-state index is 12.1. The van der Waals surface area contributed by atoms with Gasteiger partial charge in [0.05, 0.1) is 17.0 Å². The lowest BCUT2D eigenvalue weighted by Crippen LogP contribution is -2.37. The normalized spacial score (nSPS) is 17.8. The number of nitrogens with one attached hydrogen (secondary N) is 1. The molecule has 0 unspecified atom stereocenters. The third kappa shape index (κ3) is 3.20. The smallest absolute Gasteiger partial charge is 0.271 e. The van der Waals surface area contributed by atoms with Crippen LogP contribution in [0.2, 0.25) is 10.0 Å². The molecule has 1 saturated heterocycles. The van der Waals surface area contributed by atoms with Crippen molar-refractivity contribution in [3.05, 3.63) is 46.5 Å². The van der Waals surface area contributed by atoms with Gasteiger partial charge in [0.2, 0.25) is 0 Å². The number of carbonyl (C=O) groups excluding carboxylic acids is 1. The van der Waals surface area contributed by atoms with E-state index in [1.807, 2.05) is 19.2 Å². The fourth-order valence-corrected chi connectivity index (χ4v) is 3.15. The van der Waals surface area contributed by atoms with Gasteiger partial charge in [-0.15, -0.1) is 0 Å². The molecule has 3 rings (SSSR count). The standard InChI is InChI=1S/C15H16Cl2N4O/c1-20-8-13(18-9-20)15(22)19-11-4-5-21(7-11)14-3-2-10(16)6-12(14)17/h2-3,6,8-9,11H,4-5,7H2,1H3,(H,19,22)/t11-/m0/s1. The summed E-state index contributed by atoms with van der Waals surface area (Å²) in [7, 11) is 1.84. The number of rotatable bonds is 3. The molecule has 1 atom stereocenters. The van der Waals surface area contributed by atoms with Crippen molar-refractivity contribution >= 4 is 34.8 Å². The minimum absolute atomic E-state index is 0.0845. The van der Waals surface area contributed by atoms with Crippen LogP contribution >= 0.6 is 23.2 Å². The molecule has 0 saturated carbocycles.